The van der Waals surface area contributed by atoms with Crippen molar-refractivity contribution < 1.29 is 9.59 Å². The number of Topliss-reactive ketones (excluding diaryl/α,β-unsaturated/α-hetero) is 1. The van der Waals surface area contributed by atoms with E-state index in [9.17, 15) is 9.59 Å². The van der Waals surface area contributed by atoms with Gasteiger partial charge >= 0.3 is 0 Å². The first-order valence-corrected chi connectivity index (χ1v) is 8.47. The zero-order chi connectivity index (χ0) is 17.6. The number of H-pyrrole nitrogens is 1. The number of hydrogen-bond donors (Lipinski definition) is 2. The van der Waals surface area contributed by atoms with Crippen LogP contribution in [0, 0.1) is 0 Å². The third-order valence-corrected chi connectivity index (χ3v) is 4.17. The summed E-state index contributed by atoms with van der Waals surface area (Å²) in [6.07, 6.45) is 3.35. The molecule has 0 radical (unpaired) electrons. The Labute approximate surface area is 148 Å². The molecule has 0 fully saturated rings. The van der Waals surface area contributed by atoms with Crippen LogP contribution in [0.25, 0.3) is 11.4 Å². The molecule has 0 saturated carbocycles. The summed E-state index contributed by atoms with van der Waals surface area (Å²) in [5, 5.41) is 10.2. The zero-order valence-electron chi connectivity index (χ0n) is 13.4. The van der Waals surface area contributed by atoms with Crippen LogP contribution >= 0.6 is 11.8 Å². The van der Waals surface area contributed by atoms with Gasteiger partial charge < -0.3 is 5.32 Å². The number of carbonyl (C=O) groups excluding carboxylic acids is 2. The fourth-order valence-electron chi connectivity index (χ4n) is 2.07. The van der Waals surface area contributed by atoms with Gasteiger partial charge in [0.1, 0.15) is 0 Å². The van der Waals surface area contributed by atoms with Crippen LogP contribution in [0.15, 0.2) is 53.9 Å². The highest BCUT2D eigenvalue weighted by Gasteiger charge is 2.09. The molecule has 0 unspecified atom stereocenters. The van der Waals surface area contributed by atoms with Gasteiger partial charge in [0.2, 0.25) is 11.1 Å². The van der Waals surface area contributed by atoms with Gasteiger partial charge in [0, 0.05) is 29.2 Å². The lowest BCUT2D eigenvalue weighted by Crippen LogP contribution is -2.14. The monoisotopic (exact) mass is 353 g/mol. The number of nitrogens with zero attached hydrogens (tertiary/aromatic N) is 3. The first-order chi connectivity index (χ1) is 12.1. The summed E-state index contributed by atoms with van der Waals surface area (Å²) < 4.78 is 0. The molecule has 2 heterocycles. The van der Waals surface area contributed by atoms with E-state index in [2.05, 4.69) is 25.5 Å². The van der Waals surface area contributed by atoms with Crippen LogP contribution in [0.3, 0.4) is 0 Å². The number of thioether (sulfide) groups is 1. The van der Waals surface area contributed by atoms with E-state index in [1.54, 1.807) is 36.7 Å². The molecule has 0 bridgehead atoms. The number of aromatic amines is 1. The molecule has 0 aliphatic carbocycles. The number of anilines is 1. The number of amides is 1. The maximum Gasteiger partial charge on any atom is 0.234 e. The Morgan fingerprint density at radius 2 is 1.84 bits per heavy atom. The summed E-state index contributed by atoms with van der Waals surface area (Å²) >= 11 is 1.24. The fraction of sp³-hybridized carbons (Fsp3) is 0.118. The van der Waals surface area contributed by atoms with E-state index >= 15 is 0 Å². The van der Waals surface area contributed by atoms with Crippen molar-refractivity contribution >= 4 is 29.1 Å². The molecular formula is C17H15N5O2S. The van der Waals surface area contributed by atoms with Crippen molar-refractivity contribution in [3.05, 3.63) is 54.4 Å². The van der Waals surface area contributed by atoms with Gasteiger partial charge in [-0.05, 0) is 43.3 Å². The molecule has 126 valence electrons. The lowest BCUT2D eigenvalue weighted by atomic mass is 10.1. The summed E-state index contributed by atoms with van der Waals surface area (Å²) in [6.45, 7) is 1.50. The number of rotatable bonds is 6. The number of nitrogens with one attached hydrogen (secondary N) is 2. The third-order valence-electron chi connectivity index (χ3n) is 3.33. The molecule has 1 aromatic carbocycles. The standard InChI is InChI=1S/C17H15N5O2S/c1-11(23)12-2-4-14(5-3-12)19-15(24)10-25-17-20-16(21-22-17)13-6-8-18-9-7-13/h2-9H,10H2,1H3,(H,19,24)(H,20,21,22). The first kappa shape index (κ1) is 16.8. The van der Waals surface area contributed by atoms with Gasteiger partial charge in [0.15, 0.2) is 11.6 Å². The van der Waals surface area contributed by atoms with E-state index in [1.165, 1.54) is 18.7 Å². The van der Waals surface area contributed by atoms with Crippen molar-refractivity contribution in [2.45, 2.75) is 12.1 Å². The second kappa shape index (κ2) is 7.71. The molecule has 3 rings (SSSR count). The Morgan fingerprint density at radius 3 is 2.52 bits per heavy atom. The van der Waals surface area contributed by atoms with Gasteiger partial charge in [-0.1, -0.05) is 11.8 Å². The van der Waals surface area contributed by atoms with Crippen molar-refractivity contribution in [3.63, 3.8) is 0 Å². The maximum atomic E-state index is 12.0. The molecule has 8 heteroatoms. The highest BCUT2D eigenvalue weighted by atomic mass is 32.2. The van der Waals surface area contributed by atoms with Crippen LogP contribution in [-0.4, -0.2) is 37.6 Å². The minimum absolute atomic E-state index is 0.0111. The minimum atomic E-state index is -0.171. The molecule has 1 amide bonds. The van der Waals surface area contributed by atoms with Gasteiger partial charge in [-0.25, -0.2) is 4.98 Å². The summed E-state index contributed by atoms with van der Waals surface area (Å²) in [4.78, 5) is 31.5. The third kappa shape index (κ3) is 4.51. The summed E-state index contributed by atoms with van der Waals surface area (Å²) in [5.74, 6) is 0.631. The average Bonchev–Trinajstić information content (AvgIpc) is 3.10. The summed E-state index contributed by atoms with van der Waals surface area (Å²) in [7, 11) is 0. The number of pyridine rings is 1. The Bertz CT molecular complexity index is 878. The molecule has 7 nitrogen and oxygen atoms in total. The van der Waals surface area contributed by atoms with Crippen LogP contribution in [0.2, 0.25) is 0 Å². The lowest BCUT2D eigenvalue weighted by Gasteiger charge is -2.04. The van der Waals surface area contributed by atoms with E-state index in [0.717, 1.165) is 5.56 Å². The van der Waals surface area contributed by atoms with Crippen LogP contribution in [-0.2, 0) is 4.79 Å². The molecular weight excluding hydrogens is 338 g/mol. The van der Waals surface area contributed by atoms with Crippen LogP contribution < -0.4 is 5.32 Å². The predicted octanol–water partition coefficient (Wildman–Crippen LogP) is 2.80. The quantitative estimate of drug-likeness (QED) is 0.522. The molecule has 0 aliphatic heterocycles. The van der Waals surface area contributed by atoms with Crippen molar-refractivity contribution in [2.24, 2.45) is 0 Å². The molecule has 3 aromatic rings. The summed E-state index contributed by atoms with van der Waals surface area (Å²) in [5.41, 5.74) is 2.13. The molecule has 0 spiro atoms. The normalized spacial score (nSPS) is 10.4. The molecule has 2 aromatic heterocycles. The Hall–Kier alpha value is -3.00. The number of carbonyl (C=O) groups is 2. The van der Waals surface area contributed by atoms with E-state index in [4.69, 9.17) is 0 Å². The number of aromatic nitrogens is 4. The molecule has 2 N–H and O–H groups in total. The Morgan fingerprint density at radius 1 is 1.12 bits per heavy atom. The smallest absolute Gasteiger partial charge is 0.234 e. The average molecular weight is 353 g/mol. The van der Waals surface area contributed by atoms with Crippen molar-refractivity contribution in [1.29, 1.82) is 0 Å². The van der Waals surface area contributed by atoms with Gasteiger partial charge in [-0.15, -0.1) is 5.10 Å². The van der Waals surface area contributed by atoms with Crippen LogP contribution in [0.1, 0.15) is 17.3 Å². The van der Waals surface area contributed by atoms with Gasteiger partial charge in [-0.3, -0.25) is 19.7 Å². The highest BCUT2D eigenvalue weighted by molar-refractivity contribution is 7.99. The topological polar surface area (TPSA) is 101 Å². The number of hydrogen-bond acceptors (Lipinski definition) is 6. The van der Waals surface area contributed by atoms with Crippen LogP contribution in [0.4, 0.5) is 5.69 Å². The predicted molar refractivity (Wildman–Crippen MR) is 95.4 cm³/mol. The summed E-state index contributed by atoms with van der Waals surface area (Å²) in [6, 6.07) is 10.4. The highest BCUT2D eigenvalue weighted by Crippen LogP contribution is 2.19. The van der Waals surface area contributed by atoms with Crippen molar-refractivity contribution in [3.8, 4) is 11.4 Å². The Balaban J connectivity index is 1.54. The maximum absolute atomic E-state index is 12.0. The van der Waals surface area contributed by atoms with E-state index in [1.807, 2.05) is 12.1 Å². The lowest BCUT2D eigenvalue weighted by molar-refractivity contribution is -0.113. The largest absolute Gasteiger partial charge is 0.325 e. The van der Waals surface area contributed by atoms with E-state index in [0.29, 0.717) is 22.2 Å². The molecule has 0 atom stereocenters. The fourth-order valence-corrected chi connectivity index (χ4v) is 2.66. The number of benzene rings is 1. The first-order valence-electron chi connectivity index (χ1n) is 7.48. The van der Waals surface area contributed by atoms with Crippen molar-refractivity contribution in [1.82, 2.24) is 20.2 Å². The second-order valence-corrected chi connectivity index (χ2v) is 6.12. The van der Waals surface area contributed by atoms with Gasteiger partial charge in [0.25, 0.3) is 0 Å². The van der Waals surface area contributed by atoms with E-state index in [-0.39, 0.29) is 17.4 Å². The Kier molecular flexibility index (Phi) is 5.20. The van der Waals surface area contributed by atoms with Gasteiger partial charge in [-0.2, -0.15) is 0 Å². The minimum Gasteiger partial charge on any atom is -0.325 e. The molecule has 0 aliphatic rings. The molecule has 25 heavy (non-hydrogen) atoms. The SMILES string of the molecule is CC(=O)c1ccc(NC(=O)CSc2n[nH]c(-c3ccncc3)n2)cc1. The second-order valence-electron chi connectivity index (χ2n) is 5.17. The van der Waals surface area contributed by atoms with Gasteiger partial charge in [0.05, 0.1) is 5.75 Å². The number of ketones is 1. The van der Waals surface area contributed by atoms with E-state index < -0.39 is 0 Å². The van der Waals surface area contributed by atoms with Crippen LogP contribution in [0.5, 0.6) is 0 Å². The van der Waals surface area contributed by atoms with Crippen molar-refractivity contribution in [2.75, 3.05) is 11.1 Å². The molecule has 0 saturated heterocycles. The zero-order valence-corrected chi connectivity index (χ0v) is 14.2.